The number of imidazole rings is 1. The SMILES string of the molecule is CNC(=O)Nc1cn2nc(C(=O)O)ccc2n1. The van der Waals surface area contributed by atoms with Gasteiger partial charge >= 0.3 is 12.0 Å². The third-order valence-electron chi connectivity index (χ3n) is 2.01. The highest BCUT2D eigenvalue weighted by Gasteiger charge is 2.09. The van der Waals surface area contributed by atoms with E-state index < -0.39 is 12.0 Å². The van der Waals surface area contributed by atoms with E-state index >= 15 is 0 Å². The number of hydrogen-bond donors (Lipinski definition) is 3. The van der Waals surface area contributed by atoms with Gasteiger partial charge in [-0.1, -0.05) is 0 Å². The van der Waals surface area contributed by atoms with Gasteiger partial charge in [-0.25, -0.2) is 19.1 Å². The van der Waals surface area contributed by atoms with Crippen LogP contribution in [0.5, 0.6) is 0 Å². The molecule has 2 aromatic rings. The van der Waals surface area contributed by atoms with Gasteiger partial charge in [0.1, 0.15) is 0 Å². The number of nitrogens with one attached hydrogen (secondary N) is 2. The fraction of sp³-hybridized carbons (Fsp3) is 0.111. The van der Waals surface area contributed by atoms with Crippen molar-refractivity contribution >= 4 is 23.5 Å². The van der Waals surface area contributed by atoms with Gasteiger partial charge in [-0.3, -0.25) is 5.32 Å². The topological polar surface area (TPSA) is 109 Å². The monoisotopic (exact) mass is 235 g/mol. The summed E-state index contributed by atoms with van der Waals surface area (Å²) in [6.45, 7) is 0. The van der Waals surface area contributed by atoms with Gasteiger partial charge in [-0.2, -0.15) is 5.10 Å². The predicted molar refractivity (Wildman–Crippen MR) is 58.0 cm³/mol. The molecule has 0 bridgehead atoms. The maximum Gasteiger partial charge on any atom is 0.356 e. The lowest BCUT2D eigenvalue weighted by atomic mass is 10.4. The minimum absolute atomic E-state index is 0.0959. The number of aromatic carboxylic acids is 1. The van der Waals surface area contributed by atoms with Crippen LogP contribution < -0.4 is 10.6 Å². The van der Waals surface area contributed by atoms with Crippen molar-refractivity contribution in [3.8, 4) is 0 Å². The Morgan fingerprint density at radius 2 is 2.18 bits per heavy atom. The standard InChI is InChI=1S/C9H9N5O3/c1-10-9(17)12-6-4-14-7(11-6)3-2-5(13-14)8(15)16/h2-4H,1H3,(H,15,16)(H2,10,12,17). The van der Waals surface area contributed by atoms with E-state index in [2.05, 4.69) is 20.7 Å². The Balaban J connectivity index is 2.37. The lowest BCUT2D eigenvalue weighted by Crippen LogP contribution is -2.24. The summed E-state index contributed by atoms with van der Waals surface area (Å²) in [5.41, 5.74) is 0.350. The summed E-state index contributed by atoms with van der Waals surface area (Å²) in [7, 11) is 1.48. The fourth-order valence-electron chi connectivity index (χ4n) is 1.24. The van der Waals surface area contributed by atoms with Crippen LogP contribution in [-0.4, -0.2) is 38.8 Å². The molecule has 0 spiro atoms. The van der Waals surface area contributed by atoms with Crippen LogP contribution in [0, 0.1) is 0 Å². The summed E-state index contributed by atoms with van der Waals surface area (Å²) >= 11 is 0. The number of carboxylic acids is 1. The number of anilines is 1. The Morgan fingerprint density at radius 3 is 2.82 bits per heavy atom. The molecule has 0 saturated heterocycles. The second-order valence-electron chi connectivity index (χ2n) is 3.16. The molecule has 0 atom stereocenters. The van der Waals surface area contributed by atoms with Crippen LogP contribution in [0.3, 0.4) is 0 Å². The van der Waals surface area contributed by atoms with Crippen molar-refractivity contribution in [3.63, 3.8) is 0 Å². The summed E-state index contributed by atoms with van der Waals surface area (Å²) in [6.07, 6.45) is 1.43. The van der Waals surface area contributed by atoms with Crippen LogP contribution in [0.25, 0.3) is 5.65 Å². The first-order valence-corrected chi connectivity index (χ1v) is 4.68. The van der Waals surface area contributed by atoms with Crippen molar-refractivity contribution in [2.75, 3.05) is 12.4 Å². The van der Waals surface area contributed by atoms with E-state index in [1.54, 1.807) is 0 Å². The van der Waals surface area contributed by atoms with Crippen molar-refractivity contribution in [1.82, 2.24) is 19.9 Å². The molecule has 0 aromatic carbocycles. The zero-order valence-corrected chi connectivity index (χ0v) is 8.84. The van der Waals surface area contributed by atoms with Crippen molar-refractivity contribution < 1.29 is 14.7 Å². The van der Waals surface area contributed by atoms with E-state index in [1.807, 2.05) is 0 Å². The molecule has 8 nitrogen and oxygen atoms in total. The number of nitrogens with zero attached hydrogens (tertiary/aromatic N) is 3. The lowest BCUT2D eigenvalue weighted by Gasteiger charge is -1.97. The van der Waals surface area contributed by atoms with E-state index in [0.717, 1.165) is 0 Å². The molecule has 2 aromatic heterocycles. The highest BCUT2D eigenvalue weighted by molar-refractivity contribution is 5.88. The van der Waals surface area contributed by atoms with E-state index in [4.69, 9.17) is 5.11 Å². The van der Waals surface area contributed by atoms with Gasteiger partial charge in [-0.05, 0) is 12.1 Å². The normalized spacial score (nSPS) is 10.2. The van der Waals surface area contributed by atoms with E-state index in [0.29, 0.717) is 11.5 Å². The zero-order valence-electron chi connectivity index (χ0n) is 8.84. The first-order chi connectivity index (χ1) is 8.10. The molecule has 0 aliphatic carbocycles. The number of fused-ring (bicyclic) bond motifs is 1. The van der Waals surface area contributed by atoms with Gasteiger partial charge in [0.25, 0.3) is 0 Å². The average molecular weight is 235 g/mol. The number of carbonyl (C=O) groups is 2. The molecule has 8 heteroatoms. The number of urea groups is 1. The molecule has 0 aliphatic rings. The molecule has 0 aliphatic heterocycles. The van der Waals surface area contributed by atoms with Gasteiger partial charge < -0.3 is 10.4 Å². The summed E-state index contributed by atoms with van der Waals surface area (Å²) in [5, 5.41) is 17.4. The second kappa shape index (κ2) is 4.08. The Morgan fingerprint density at radius 1 is 1.41 bits per heavy atom. The molecule has 88 valence electrons. The Hall–Kier alpha value is -2.64. The van der Waals surface area contributed by atoms with Crippen molar-refractivity contribution in [1.29, 1.82) is 0 Å². The van der Waals surface area contributed by atoms with E-state index in [1.165, 1.54) is 29.9 Å². The van der Waals surface area contributed by atoms with Crippen LogP contribution in [0.15, 0.2) is 18.3 Å². The number of carbonyl (C=O) groups excluding carboxylic acids is 1. The van der Waals surface area contributed by atoms with Gasteiger partial charge in [0.05, 0.1) is 6.20 Å². The fourth-order valence-corrected chi connectivity index (χ4v) is 1.24. The zero-order chi connectivity index (χ0) is 12.4. The number of rotatable bonds is 2. The van der Waals surface area contributed by atoms with Gasteiger partial charge in [0, 0.05) is 7.05 Å². The molecule has 2 rings (SSSR count). The van der Waals surface area contributed by atoms with Crippen molar-refractivity contribution in [2.45, 2.75) is 0 Å². The average Bonchev–Trinajstić information content (AvgIpc) is 2.69. The number of hydrogen-bond acceptors (Lipinski definition) is 4. The van der Waals surface area contributed by atoms with Crippen LogP contribution in [-0.2, 0) is 0 Å². The molecule has 3 N–H and O–H groups in total. The summed E-state index contributed by atoms with van der Waals surface area (Å²) in [4.78, 5) is 25.8. The maximum atomic E-state index is 11.0. The van der Waals surface area contributed by atoms with Crippen LogP contribution in [0.4, 0.5) is 10.6 Å². The van der Waals surface area contributed by atoms with E-state index in [9.17, 15) is 9.59 Å². The van der Waals surface area contributed by atoms with Crippen LogP contribution in [0.1, 0.15) is 10.5 Å². The first kappa shape index (κ1) is 10.9. The number of carboxylic acid groups (broad SMARTS) is 1. The first-order valence-electron chi connectivity index (χ1n) is 4.68. The molecule has 2 amide bonds. The van der Waals surface area contributed by atoms with Crippen molar-refractivity contribution in [2.24, 2.45) is 0 Å². The third-order valence-corrected chi connectivity index (χ3v) is 2.01. The smallest absolute Gasteiger partial charge is 0.356 e. The number of aromatic nitrogens is 3. The minimum atomic E-state index is -1.12. The largest absolute Gasteiger partial charge is 0.476 e. The Bertz CT molecular complexity index is 591. The summed E-state index contributed by atoms with van der Waals surface area (Å²) in [6, 6.07) is 2.44. The molecule has 0 radical (unpaired) electrons. The highest BCUT2D eigenvalue weighted by Crippen LogP contribution is 2.08. The molecule has 2 heterocycles. The lowest BCUT2D eigenvalue weighted by molar-refractivity contribution is 0.0689. The summed E-state index contributed by atoms with van der Waals surface area (Å²) < 4.78 is 1.29. The Labute approximate surface area is 95.3 Å². The second-order valence-corrected chi connectivity index (χ2v) is 3.16. The summed E-state index contributed by atoms with van der Waals surface area (Å²) in [5.74, 6) is -0.833. The van der Waals surface area contributed by atoms with E-state index in [-0.39, 0.29) is 5.69 Å². The Kier molecular flexibility index (Phi) is 2.61. The number of amides is 2. The van der Waals surface area contributed by atoms with Crippen molar-refractivity contribution in [3.05, 3.63) is 24.0 Å². The van der Waals surface area contributed by atoms with Crippen LogP contribution in [0.2, 0.25) is 0 Å². The maximum absolute atomic E-state index is 11.0. The quantitative estimate of drug-likeness (QED) is 0.687. The molecule has 0 saturated carbocycles. The van der Waals surface area contributed by atoms with Gasteiger partial charge in [0.15, 0.2) is 17.2 Å². The third kappa shape index (κ3) is 2.14. The van der Waals surface area contributed by atoms with Crippen LogP contribution >= 0.6 is 0 Å². The molecule has 0 unspecified atom stereocenters. The predicted octanol–water partition coefficient (Wildman–Crippen LogP) is 0.179. The van der Waals surface area contributed by atoms with Gasteiger partial charge in [0.2, 0.25) is 0 Å². The highest BCUT2D eigenvalue weighted by atomic mass is 16.4. The molecule has 0 fully saturated rings. The minimum Gasteiger partial charge on any atom is -0.476 e. The van der Waals surface area contributed by atoms with Gasteiger partial charge in [-0.15, -0.1) is 0 Å². The molecular weight excluding hydrogens is 226 g/mol. The molecule has 17 heavy (non-hydrogen) atoms. The molecular formula is C9H9N5O3.